The molecule has 1 aromatic carbocycles. The lowest BCUT2D eigenvalue weighted by molar-refractivity contribution is 0.959. The lowest BCUT2D eigenvalue weighted by atomic mass is 10.1. The van der Waals surface area contributed by atoms with Crippen LogP contribution in [0.25, 0.3) is 6.08 Å². The molecule has 2 rings (SSSR count). The first kappa shape index (κ1) is 10.4. The van der Waals surface area contributed by atoms with Gasteiger partial charge < -0.3 is 0 Å². The van der Waals surface area contributed by atoms with Crippen molar-refractivity contribution in [1.29, 1.82) is 0 Å². The minimum Gasteiger partial charge on any atom is -0.142 e. The number of aromatic nitrogens is 2. The largest absolute Gasteiger partial charge is 0.171 e. The van der Waals surface area contributed by atoms with Crippen LogP contribution in [-0.2, 0) is 6.42 Å². The number of nitrogens with zero attached hydrogens (tertiary/aromatic N) is 2. The zero-order chi connectivity index (χ0) is 10.7. The van der Waals surface area contributed by atoms with E-state index in [9.17, 15) is 0 Å². The Hall–Kier alpha value is -1.13. The Labute approximate surface area is 98.1 Å². The van der Waals surface area contributed by atoms with Crippen LogP contribution in [0.4, 0.5) is 0 Å². The third kappa shape index (κ3) is 2.67. The first-order valence-corrected chi connectivity index (χ1v) is 5.77. The average molecular weight is 234 g/mol. The van der Waals surface area contributed by atoms with Gasteiger partial charge in [-0.2, -0.15) is 0 Å². The van der Waals surface area contributed by atoms with Crippen molar-refractivity contribution < 1.29 is 0 Å². The number of benzene rings is 1. The van der Waals surface area contributed by atoms with Gasteiger partial charge in [-0.1, -0.05) is 48.3 Å². The van der Waals surface area contributed by atoms with E-state index >= 15 is 0 Å². The zero-order valence-corrected chi connectivity index (χ0v) is 9.76. The molecule has 4 heteroatoms. The molecule has 0 N–H and O–H groups in total. The topological polar surface area (TPSA) is 25.8 Å². The molecular weight excluding hydrogens is 224 g/mol. The van der Waals surface area contributed by atoms with Gasteiger partial charge in [0.2, 0.25) is 0 Å². The van der Waals surface area contributed by atoms with E-state index in [1.54, 1.807) is 0 Å². The van der Waals surface area contributed by atoms with E-state index in [1.807, 2.05) is 18.2 Å². The van der Waals surface area contributed by atoms with Gasteiger partial charge in [0.25, 0.3) is 0 Å². The van der Waals surface area contributed by atoms with E-state index in [-0.39, 0.29) is 0 Å². The molecule has 1 heterocycles. The molecule has 0 fully saturated rings. The number of hydrogen-bond acceptors (Lipinski definition) is 4. The highest BCUT2D eigenvalue weighted by Gasteiger charge is 2.02. The van der Waals surface area contributed by atoms with Crippen molar-refractivity contribution in [2.45, 2.75) is 10.8 Å². The van der Waals surface area contributed by atoms with Crippen LogP contribution in [0.1, 0.15) is 16.1 Å². The predicted molar refractivity (Wildman–Crippen MR) is 66.5 cm³/mol. The van der Waals surface area contributed by atoms with Crippen LogP contribution >= 0.6 is 24.0 Å². The normalized spacial score (nSPS) is 10.2. The van der Waals surface area contributed by atoms with Crippen molar-refractivity contribution in [1.82, 2.24) is 10.2 Å². The first-order chi connectivity index (χ1) is 7.28. The molecular formula is C11H10N2S2. The lowest BCUT2D eigenvalue weighted by Gasteiger charge is -1.98. The van der Waals surface area contributed by atoms with Crippen LogP contribution in [0.2, 0.25) is 0 Å². The summed E-state index contributed by atoms with van der Waals surface area (Å²) in [7, 11) is 0. The van der Waals surface area contributed by atoms with Crippen molar-refractivity contribution in [3.05, 3.63) is 47.0 Å². The second-order valence-corrected chi connectivity index (χ2v) is 4.89. The molecule has 2 nitrogen and oxygen atoms in total. The summed E-state index contributed by atoms with van der Waals surface area (Å²) in [5.41, 5.74) is 2.36. The molecule has 0 atom stereocenters. The van der Waals surface area contributed by atoms with Crippen molar-refractivity contribution in [3.63, 3.8) is 0 Å². The predicted octanol–water partition coefficient (Wildman–Crippen LogP) is 3.06. The molecule has 0 aliphatic carbocycles. The van der Waals surface area contributed by atoms with Crippen LogP contribution in [-0.4, -0.2) is 10.2 Å². The molecule has 1 aromatic heterocycles. The van der Waals surface area contributed by atoms with E-state index in [1.165, 1.54) is 16.9 Å². The third-order valence-electron chi connectivity index (χ3n) is 2.03. The van der Waals surface area contributed by atoms with E-state index in [0.29, 0.717) is 4.34 Å². The second-order valence-electron chi connectivity index (χ2n) is 3.10. The summed E-state index contributed by atoms with van der Waals surface area (Å²) in [5.74, 6) is 0. The summed E-state index contributed by atoms with van der Waals surface area (Å²) in [6, 6.07) is 8.25. The molecule has 0 unspecified atom stereocenters. The van der Waals surface area contributed by atoms with Gasteiger partial charge in [0.1, 0.15) is 5.01 Å². The van der Waals surface area contributed by atoms with E-state index in [4.69, 9.17) is 0 Å². The molecule has 15 heavy (non-hydrogen) atoms. The molecule has 0 aliphatic heterocycles. The van der Waals surface area contributed by atoms with Gasteiger partial charge in [0, 0.05) is 6.42 Å². The summed E-state index contributed by atoms with van der Waals surface area (Å²) >= 11 is 5.65. The van der Waals surface area contributed by atoms with Crippen molar-refractivity contribution in [2.24, 2.45) is 0 Å². The minimum absolute atomic E-state index is 0.715. The molecule has 0 saturated carbocycles. The summed E-state index contributed by atoms with van der Waals surface area (Å²) in [6.45, 7) is 3.72. The lowest BCUT2D eigenvalue weighted by Crippen LogP contribution is -1.87. The summed E-state index contributed by atoms with van der Waals surface area (Å²) < 4.78 is 0.715. The number of rotatable bonds is 3. The second kappa shape index (κ2) is 4.59. The zero-order valence-electron chi connectivity index (χ0n) is 8.05. The smallest absolute Gasteiger partial charge is 0.142 e. The van der Waals surface area contributed by atoms with Gasteiger partial charge in [-0.25, -0.2) is 0 Å². The van der Waals surface area contributed by atoms with E-state index < -0.39 is 0 Å². The molecule has 0 saturated heterocycles. The maximum Gasteiger partial charge on any atom is 0.171 e. The van der Waals surface area contributed by atoms with E-state index in [0.717, 1.165) is 17.0 Å². The summed E-state index contributed by atoms with van der Waals surface area (Å²) in [4.78, 5) is 0. The van der Waals surface area contributed by atoms with Gasteiger partial charge >= 0.3 is 0 Å². The Kier molecular flexibility index (Phi) is 3.18. The molecule has 0 aliphatic rings. The Bertz CT molecular complexity index is 460. The molecule has 2 aromatic rings. The Morgan fingerprint density at radius 2 is 2.00 bits per heavy atom. The van der Waals surface area contributed by atoms with Crippen LogP contribution in [0.15, 0.2) is 35.2 Å². The fourth-order valence-corrected chi connectivity index (χ4v) is 2.24. The average Bonchev–Trinajstić information content (AvgIpc) is 2.65. The Morgan fingerprint density at radius 3 is 2.53 bits per heavy atom. The summed E-state index contributed by atoms with van der Waals surface area (Å²) in [6.07, 6.45) is 2.65. The van der Waals surface area contributed by atoms with Gasteiger partial charge in [0.15, 0.2) is 4.34 Å². The first-order valence-electron chi connectivity index (χ1n) is 4.50. The molecule has 0 bridgehead atoms. The number of thiol groups is 1. The SMILES string of the molecule is C=Cc1ccc(Cc2nnc(S)s2)cc1. The maximum atomic E-state index is 4.13. The fraction of sp³-hybridized carbons (Fsp3) is 0.0909. The van der Waals surface area contributed by atoms with Crippen LogP contribution < -0.4 is 0 Å². The fourth-order valence-electron chi connectivity index (χ4n) is 1.26. The highest BCUT2D eigenvalue weighted by atomic mass is 32.2. The van der Waals surface area contributed by atoms with Gasteiger partial charge in [-0.05, 0) is 11.1 Å². The molecule has 0 radical (unpaired) electrons. The number of hydrogen-bond donors (Lipinski definition) is 1. The van der Waals surface area contributed by atoms with Gasteiger partial charge in [0.05, 0.1) is 0 Å². The highest BCUT2D eigenvalue weighted by Crippen LogP contribution is 2.17. The molecule has 0 amide bonds. The third-order valence-corrected chi connectivity index (χ3v) is 3.12. The minimum atomic E-state index is 0.715. The highest BCUT2D eigenvalue weighted by molar-refractivity contribution is 7.82. The van der Waals surface area contributed by atoms with Crippen molar-refractivity contribution in [3.8, 4) is 0 Å². The monoisotopic (exact) mass is 234 g/mol. The van der Waals surface area contributed by atoms with Gasteiger partial charge in [-0.15, -0.1) is 22.8 Å². The van der Waals surface area contributed by atoms with Crippen molar-refractivity contribution in [2.75, 3.05) is 0 Å². The molecule has 76 valence electrons. The Morgan fingerprint density at radius 1 is 1.27 bits per heavy atom. The molecule has 0 spiro atoms. The van der Waals surface area contributed by atoms with E-state index in [2.05, 4.69) is 41.5 Å². The van der Waals surface area contributed by atoms with Crippen LogP contribution in [0.3, 0.4) is 0 Å². The van der Waals surface area contributed by atoms with Gasteiger partial charge in [-0.3, -0.25) is 0 Å². The summed E-state index contributed by atoms with van der Waals surface area (Å²) in [5, 5.41) is 8.88. The van der Waals surface area contributed by atoms with Crippen LogP contribution in [0.5, 0.6) is 0 Å². The Balaban J connectivity index is 2.14. The van der Waals surface area contributed by atoms with Crippen LogP contribution in [0, 0.1) is 0 Å². The maximum absolute atomic E-state index is 4.13. The van der Waals surface area contributed by atoms with Crippen molar-refractivity contribution >= 4 is 30.0 Å². The quantitative estimate of drug-likeness (QED) is 0.826. The standard InChI is InChI=1S/C11H10N2S2/c1-2-8-3-5-9(6-4-8)7-10-12-13-11(14)15-10/h2-6H,1,7H2,(H,13,14).